The van der Waals surface area contributed by atoms with E-state index in [9.17, 15) is 5.11 Å². The van der Waals surface area contributed by atoms with E-state index in [0.717, 1.165) is 11.4 Å². The molecule has 118 valence electrons. The molecule has 5 nitrogen and oxygen atoms in total. The third-order valence-electron chi connectivity index (χ3n) is 3.61. The summed E-state index contributed by atoms with van der Waals surface area (Å²) in [6.45, 7) is 0.345. The maximum absolute atomic E-state index is 10.4. The predicted molar refractivity (Wildman–Crippen MR) is 89.1 cm³/mol. The van der Waals surface area contributed by atoms with E-state index in [1.54, 1.807) is 30.9 Å². The molecule has 23 heavy (non-hydrogen) atoms. The van der Waals surface area contributed by atoms with Gasteiger partial charge in [-0.3, -0.25) is 4.98 Å². The largest absolute Gasteiger partial charge is 0.387 e. The Balaban J connectivity index is 1.76. The van der Waals surface area contributed by atoms with Gasteiger partial charge in [0.1, 0.15) is 5.82 Å². The number of hydrogen-bond donors (Lipinski definition) is 3. The number of hydrogen-bond acceptors (Lipinski definition) is 4. The molecule has 0 aliphatic carbocycles. The number of aromatic amines is 1. The second kappa shape index (κ2) is 7.37. The Morgan fingerprint density at radius 1 is 1.13 bits per heavy atom. The van der Waals surface area contributed by atoms with E-state index < -0.39 is 6.10 Å². The molecule has 0 amide bonds. The van der Waals surface area contributed by atoms with Gasteiger partial charge in [-0.1, -0.05) is 29.8 Å². The van der Waals surface area contributed by atoms with Gasteiger partial charge >= 0.3 is 0 Å². The highest BCUT2D eigenvalue weighted by molar-refractivity contribution is 6.31. The maximum atomic E-state index is 10.4. The van der Waals surface area contributed by atoms with Crippen molar-refractivity contribution in [3.8, 4) is 0 Å². The second-order valence-electron chi connectivity index (χ2n) is 5.13. The fourth-order valence-corrected chi connectivity index (χ4v) is 2.71. The van der Waals surface area contributed by atoms with Crippen molar-refractivity contribution >= 4 is 11.6 Å². The van der Waals surface area contributed by atoms with Crippen LogP contribution in [0, 0.1) is 0 Å². The molecule has 3 rings (SSSR count). The molecule has 0 unspecified atom stereocenters. The summed E-state index contributed by atoms with van der Waals surface area (Å²) in [4.78, 5) is 11.5. The quantitative estimate of drug-likeness (QED) is 0.650. The number of H-pyrrole nitrogens is 1. The molecular weight excluding hydrogens is 312 g/mol. The van der Waals surface area contributed by atoms with E-state index in [2.05, 4.69) is 20.3 Å². The number of aliphatic hydroxyl groups is 1. The number of nitrogens with zero attached hydrogens (tertiary/aromatic N) is 2. The van der Waals surface area contributed by atoms with E-state index in [0.29, 0.717) is 17.1 Å². The number of aliphatic hydroxyl groups excluding tert-OH is 1. The Hall–Kier alpha value is -2.21. The van der Waals surface area contributed by atoms with Crippen molar-refractivity contribution in [3.63, 3.8) is 0 Å². The number of aromatic nitrogens is 3. The van der Waals surface area contributed by atoms with E-state index in [1.165, 1.54) is 0 Å². The van der Waals surface area contributed by atoms with Crippen LogP contribution in [-0.2, 0) is 0 Å². The average molecular weight is 329 g/mol. The van der Waals surface area contributed by atoms with Gasteiger partial charge in [0.2, 0.25) is 0 Å². The van der Waals surface area contributed by atoms with E-state index in [-0.39, 0.29) is 6.04 Å². The monoisotopic (exact) mass is 328 g/mol. The minimum atomic E-state index is -0.706. The van der Waals surface area contributed by atoms with Gasteiger partial charge in [0.25, 0.3) is 0 Å². The molecule has 1 aromatic carbocycles. The lowest BCUT2D eigenvalue weighted by molar-refractivity contribution is 0.171. The number of pyridine rings is 1. The third kappa shape index (κ3) is 3.76. The van der Waals surface area contributed by atoms with Crippen LogP contribution in [0.25, 0.3) is 0 Å². The molecule has 0 aliphatic heterocycles. The first-order valence-corrected chi connectivity index (χ1v) is 7.68. The van der Waals surface area contributed by atoms with Crippen LogP contribution in [0.4, 0.5) is 0 Å². The van der Waals surface area contributed by atoms with Crippen LogP contribution >= 0.6 is 11.6 Å². The number of nitrogens with one attached hydrogen (secondary N) is 2. The normalized spacial score (nSPS) is 13.7. The molecule has 0 radical (unpaired) electrons. The molecule has 3 aromatic rings. The molecule has 0 fully saturated rings. The summed E-state index contributed by atoms with van der Waals surface area (Å²) >= 11 is 6.14. The summed E-state index contributed by atoms with van der Waals surface area (Å²) in [6.07, 6.45) is 6.24. The summed E-state index contributed by atoms with van der Waals surface area (Å²) in [6, 6.07) is 11.0. The molecule has 0 saturated heterocycles. The Kier molecular flexibility index (Phi) is 5.02. The van der Waals surface area contributed by atoms with Gasteiger partial charge < -0.3 is 15.4 Å². The lowest BCUT2D eigenvalue weighted by Crippen LogP contribution is -2.28. The average Bonchev–Trinajstić information content (AvgIpc) is 3.10. The summed E-state index contributed by atoms with van der Waals surface area (Å²) in [5, 5.41) is 14.3. The van der Waals surface area contributed by atoms with E-state index >= 15 is 0 Å². The van der Waals surface area contributed by atoms with Crippen LogP contribution in [0.1, 0.15) is 29.1 Å². The lowest BCUT2D eigenvalue weighted by atomic mass is 10.1. The van der Waals surface area contributed by atoms with Gasteiger partial charge in [0.15, 0.2) is 0 Å². The number of halogens is 1. The zero-order chi connectivity index (χ0) is 16.1. The Labute approximate surface area is 139 Å². The smallest absolute Gasteiger partial charge is 0.127 e. The first-order chi connectivity index (χ1) is 11.3. The van der Waals surface area contributed by atoms with E-state index in [1.807, 2.05) is 30.3 Å². The second-order valence-corrected chi connectivity index (χ2v) is 5.54. The van der Waals surface area contributed by atoms with Crippen molar-refractivity contribution in [3.05, 3.63) is 83.2 Å². The van der Waals surface area contributed by atoms with Crippen LogP contribution in [-0.4, -0.2) is 26.6 Å². The molecule has 0 spiro atoms. The fraction of sp³-hybridized carbons (Fsp3) is 0.176. The van der Waals surface area contributed by atoms with Gasteiger partial charge in [-0.05, 0) is 23.8 Å². The molecule has 2 heterocycles. The van der Waals surface area contributed by atoms with Gasteiger partial charge in [-0.15, -0.1) is 0 Å². The van der Waals surface area contributed by atoms with Crippen molar-refractivity contribution in [2.45, 2.75) is 12.1 Å². The molecule has 0 bridgehead atoms. The van der Waals surface area contributed by atoms with Crippen molar-refractivity contribution in [1.29, 1.82) is 0 Å². The Bertz CT molecular complexity index is 733. The zero-order valence-electron chi connectivity index (χ0n) is 12.4. The topological polar surface area (TPSA) is 73.8 Å². The molecule has 2 atom stereocenters. The molecule has 2 aromatic heterocycles. The fourth-order valence-electron chi connectivity index (χ4n) is 2.45. The highest BCUT2D eigenvalue weighted by Crippen LogP contribution is 2.24. The van der Waals surface area contributed by atoms with Crippen molar-refractivity contribution in [2.24, 2.45) is 0 Å². The van der Waals surface area contributed by atoms with Gasteiger partial charge in [-0.2, -0.15) is 0 Å². The van der Waals surface area contributed by atoms with Crippen LogP contribution in [0.2, 0.25) is 5.02 Å². The molecule has 6 heteroatoms. The van der Waals surface area contributed by atoms with Gasteiger partial charge in [0, 0.05) is 41.9 Å². The van der Waals surface area contributed by atoms with Crippen molar-refractivity contribution in [1.82, 2.24) is 20.3 Å². The van der Waals surface area contributed by atoms with Gasteiger partial charge in [0.05, 0.1) is 12.1 Å². The summed E-state index contributed by atoms with van der Waals surface area (Å²) < 4.78 is 0. The SMILES string of the molecule is O[C@@H](CN[C@@H](c1ccncc1)c1ncc[nH]1)c1ccccc1Cl. The number of benzene rings is 1. The van der Waals surface area contributed by atoms with Crippen LogP contribution in [0.3, 0.4) is 0 Å². The minimum absolute atomic E-state index is 0.162. The molecule has 3 N–H and O–H groups in total. The van der Waals surface area contributed by atoms with Crippen molar-refractivity contribution < 1.29 is 5.11 Å². The molecular formula is C17H17ClN4O. The zero-order valence-corrected chi connectivity index (χ0v) is 13.1. The first kappa shape index (κ1) is 15.7. The predicted octanol–water partition coefficient (Wildman–Crippen LogP) is 2.87. The summed E-state index contributed by atoms with van der Waals surface area (Å²) in [5.41, 5.74) is 1.72. The highest BCUT2D eigenvalue weighted by atomic mass is 35.5. The Morgan fingerprint density at radius 3 is 2.61 bits per heavy atom. The van der Waals surface area contributed by atoms with Crippen LogP contribution in [0.15, 0.2) is 61.2 Å². The Morgan fingerprint density at radius 2 is 1.91 bits per heavy atom. The minimum Gasteiger partial charge on any atom is -0.387 e. The summed E-state index contributed by atoms with van der Waals surface area (Å²) in [7, 11) is 0. The first-order valence-electron chi connectivity index (χ1n) is 7.31. The highest BCUT2D eigenvalue weighted by Gasteiger charge is 2.19. The molecule has 0 saturated carbocycles. The summed E-state index contributed by atoms with van der Waals surface area (Å²) in [5.74, 6) is 0.780. The maximum Gasteiger partial charge on any atom is 0.127 e. The number of imidazole rings is 1. The number of rotatable bonds is 6. The third-order valence-corrected chi connectivity index (χ3v) is 3.96. The van der Waals surface area contributed by atoms with Crippen LogP contribution in [0.5, 0.6) is 0 Å². The standard InChI is InChI=1S/C17H17ClN4O/c18-14-4-2-1-3-13(14)15(23)11-22-16(17-20-9-10-21-17)12-5-7-19-8-6-12/h1-10,15-16,22-23H,11H2,(H,20,21)/t15-,16-/m0/s1. The lowest BCUT2D eigenvalue weighted by Gasteiger charge is -2.20. The van der Waals surface area contributed by atoms with Crippen molar-refractivity contribution in [2.75, 3.05) is 6.54 Å². The molecule has 0 aliphatic rings. The van der Waals surface area contributed by atoms with Crippen LogP contribution < -0.4 is 5.32 Å². The van der Waals surface area contributed by atoms with Gasteiger partial charge in [-0.25, -0.2) is 4.98 Å². The van der Waals surface area contributed by atoms with E-state index in [4.69, 9.17) is 11.6 Å².